The summed E-state index contributed by atoms with van der Waals surface area (Å²) in [4.78, 5) is 27.8. The summed E-state index contributed by atoms with van der Waals surface area (Å²) in [5.41, 5.74) is 2.08. The number of aromatic nitrogens is 1. The molecule has 0 unspecified atom stereocenters. The molecule has 0 saturated heterocycles. The van der Waals surface area contributed by atoms with Gasteiger partial charge >= 0.3 is 11.6 Å². The molecule has 0 spiro atoms. The fraction of sp³-hybridized carbons (Fsp3) is 0.353. The van der Waals surface area contributed by atoms with Crippen LogP contribution in [0.5, 0.6) is 0 Å². The second-order valence-corrected chi connectivity index (χ2v) is 5.12. The van der Waals surface area contributed by atoms with Gasteiger partial charge in [0.15, 0.2) is 0 Å². The maximum atomic E-state index is 11.6. The second-order valence-electron chi connectivity index (χ2n) is 5.12. The van der Waals surface area contributed by atoms with Crippen molar-refractivity contribution in [2.45, 2.75) is 39.5 Å². The van der Waals surface area contributed by atoms with Crippen molar-refractivity contribution in [3.8, 4) is 0 Å². The van der Waals surface area contributed by atoms with Gasteiger partial charge in [-0.3, -0.25) is 0 Å². The molecule has 0 aliphatic carbocycles. The monoisotopic (exact) mass is 316 g/mol. The van der Waals surface area contributed by atoms with Crippen LogP contribution in [0.4, 0.5) is 0 Å². The summed E-state index contributed by atoms with van der Waals surface area (Å²) in [5, 5.41) is 6.39. The van der Waals surface area contributed by atoms with Crippen LogP contribution in [0.1, 0.15) is 44.4 Å². The maximum Gasteiger partial charge on any atom is 0.367 e. The molecule has 1 aromatic rings. The minimum Gasteiger partial charge on any atom is -0.338 e. The highest BCUT2D eigenvalue weighted by Gasteiger charge is 2.23. The molecular weight excluding hydrogens is 296 g/mol. The topological polar surface area (TPSA) is 84.7 Å². The van der Waals surface area contributed by atoms with E-state index in [2.05, 4.69) is 15.1 Å². The lowest BCUT2D eigenvalue weighted by molar-refractivity contribution is -0.136. The minimum absolute atomic E-state index is 0.381. The number of oxime groups is 1. The number of rotatable bonds is 7. The second kappa shape index (κ2) is 8.12. The molecule has 0 amide bonds. The first-order valence-corrected chi connectivity index (χ1v) is 7.71. The first kappa shape index (κ1) is 16.7. The largest absolute Gasteiger partial charge is 0.367 e. The van der Waals surface area contributed by atoms with Crippen molar-refractivity contribution in [1.29, 1.82) is 0 Å². The third kappa shape index (κ3) is 4.18. The van der Waals surface area contributed by atoms with Gasteiger partial charge in [-0.1, -0.05) is 50.1 Å². The number of carbonyl (C=O) groups is 1. The van der Waals surface area contributed by atoms with Crippen LogP contribution in [0, 0.1) is 0 Å². The number of allylic oxidation sites excluding steroid dienone is 4. The predicted molar refractivity (Wildman–Crippen MR) is 88.0 cm³/mol. The van der Waals surface area contributed by atoms with Crippen molar-refractivity contribution >= 4 is 17.8 Å². The Labute approximate surface area is 134 Å². The fourth-order valence-corrected chi connectivity index (χ4v) is 2.21. The minimum atomic E-state index is -0.432. The summed E-state index contributed by atoms with van der Waals surface area (Å²) in [5.74, 6) is -0.432. The van der Waals surface area contributed by atoms with Crippen LogP contribution in [0.15, 0.2) is 44.4 Å². The van der Waals surface area contributed by atoms with E-state index in [1.54, 1.807) is 30.4 Å². The van der Waals surface area contributed by atoms with Crippen molar-refractivity contribution in [3.05, 3.63) is 51.6 Å². The number of aromatic amines is 1. The molecule has 1 aliphatic heterocycles. The Morgan fingerprint density at radius 2 is 1.87 bits per heavy atom. The maximum absolute atomic E-state index is 11.6. The van der Waals surface area contributed by atoms with Crippen LogP contribution >= 0.6 is 0 Å². The molecule has 0 atom stereocenters. The van der Waals surface area contributed by atoms with Gasteiger partial charge in [-0.25, -0.2) is 14.7 Å². The summed E-state index contributed by atoms with van der Waals surface area (Å²) in [7, 11) is 0. The highest BCUT2D eigenvalue weighted by Crippen LogP contribution is 2.15. The lowest BCUT2D eigenvalue weighted by atomic mass is 10.1. The smallest absolute Gasteiger partial charge is 0.338 e. The van der Waals surface area contributed by atoms with E-state index in [1.165, 1.54) is 0 Å². The molecule has 1 N–H and O–H groups in total. The van der Waals surface area contributed by atoms with Crippen LogP contribution in [-0.4, -0.2) is 16.8 Å². The Morgan fingerprint density at radius 3 is 2.61 bits per heavy atom. The zero-order valence-corrected chi connectivity index (χ0v) is 13.3. The molecular formula is C17H20N2O4. The van der Waals surface area contributed by atoms with E-state index >= 15 is 0 Å². The van der Waals surface area contributed by atoms with Crippen LogP contribution in [-0.2, 0) is 16.1 Å². The SMILES string of the molecule is CCCC1=NOC(=O)C1=CC=CC=Cc1c(CCC)[nH]oc1=O. The summed E-state index contributed by atoms with van der Waals surface area (Å²) >= 11 is 0. The van der Waals surface area contributed by atoms with Gasteiger partial charge in [0.25, 0.3) is 0 Å². The van der Waals surface area contributed by atoms with E-state index in [0.29, 0.717) is 23.3 Å². The first-order chi connectivity index (χ1) is 11.2. The molecule has 6 heteroatoms. The van der Waals surface area contributed by atoms with E-state index in [-0.39, 0.29) is 5.63 Å². The Hall–Kier alpha value is -2.63. The van der Waals surface area contributed by atoms with Crippen LogP contribution < -0.4 is 5.63 Å². The number of hydrogen-bond acceptors (Lipinski definition) is 5. The highest BCUT2D eigenvalue weighted by molar-refractivity contribution is 6.22. The van der Waals surface area contributed by atoms with E-state index in [1.807, 2.05) is 13.8 Å². The molecule has 2 heterocycles. The molecule has 0 saturated carbocycles. The van der Waals surface area contributed by atoms with E-state index in [9.17, 15) is 9.59 Å². The summed E-state index contributed by atoms with van der Waals surface area (Å²) in [6, 6.07) is 0. The molecule has 0 bridgehead atoms. The molecule has 1 aliphatic rings. The third-order valence-electron chi connectivity index (χ3n) is 3.32. The quantitative estimate of drug-likeness (QED) is 0.476. The van der Waals surface area contributed by atoms with E-state index < -0.39 is 5.97 Å². The van der Waals surface area contributed by atoms with Crippen LogP contribution in [0.3, 0.4) is 0 Å². The first-order valence-electron chi connectivity index (χ1n) is 7.71. The van der Waals surface area contributed by atoms with Gasteiger partial charge in [0, 0.05) is 0 Å². The Bertz CT molecular complexity index is 732. The standard InChI is InChI=1S/C17H20N2O4/c1-3-8-14-12(16(20)22-18-14)10-6-5-7-11-13-15(9-4-2)19-23-17(13)21/h5-7,10-11,18H,3-4,8-9H2,1-2H3. The summed E-state index contributed by atoms with van der Waals surface area (Å²) in [6.45, 7) is 4.04. The molecule has 0 aromatic carbocycles. The van der Waals surface area contributed by atoms with E-state index in [4.69, 9.17) is 4.52 Å². The number of nitrogens with one attached hydrogen (secondary N) is 1. The number of H-pyrrole nitrogens is 1. The Kier molecular flexibility index (Phi) is 5.91. The number of nitrogens with zero attached hydrogens (tertiary/aromatic N) is 1. The van der Waals surface area contributed by atoms with Crippen LogP contribution in [0.25, 0.3) is 6.08 Å². The fourth-order valence-electron chi connectivity index (χ4n) is 2.21. The zero-order valence-electron chi connectivity index (χ0n) is 13.3. The van der Waals surface area contributed by atoms with Crippen molar-refractivity contribution in [2.75, 3.05) is 0 Å². The number of carbonyl (C=O) groups excluding carboxylic acids is 1. The highest BCUT2D eigenvalue weighted by atomic mass is 16.7. The molecule has 122 valence electrons. The van der Waals surface area contributed by atoms with Crippen molar-refractivity contribution < 1.29 is 14.2 Å². The average molecular weight is 316 g/mol. The summed E-state index contributed by atoms with van der Waals surface area (Å²) in [6.07, 6.45) is 11.8. The van der Waals surface area contributed by atoms with Crippen molar-refractivity contribution in [1.82, 2.24) is 5.16 Å². The van der Waals surface area contributed by atoms with Gasteiger partial charge in [-0.05, 0) is 25.0 Å². The Morgan fingerprint density at radius 1 is 1.09 bits per heavy atom. The third-order valence-corrected chi connectivity index (χ3v) is 3.32. The molecule has 6 nitrogen and oxygen atoms in total. The van der Waals surface area contributed by atoms with Gasteiger partial charge in [0.1, 0.15) is 0 Å². The van der Waals surface area contributed by atoms with Gasteiger partial charge in [-0.15, -0.1) is 0 Å². The molecule has 0 fully saturated rings. The molecule has 0 radical (unpaired) electrons. The van der Waals surface area contributed by atoms with Crippen molar-refractivity contribution in [2.24, 2.45) is 5.16 Å². The van der Waals surface area contributed by atoms with Gasteiger partial charge in [-0.2, -0.15) is 0 Å². The Balaban J connectivity index is 2.06. The van der Waals surface area contributed by atoms with E-state index in [0.717, 1.165) is 25.0 Å². The zero-order chi connectivity index (χ0) is 16.7. The van der Waals surface area contributed by atoms with Gasteiger partial charge in [0.2, 0.25) is 0 Å². The lowest BCUT2D eigenvalue weighted by Crippen LogP contribution is -2.04. The summed E-state index contributed by atoms with van der Waals surface area (Å²) < 4.78 is 4.80. The normalized spacial score (nSPS) is 16.7. The van der Waals surface area contributed by atoms with Gasteiger partial charge in [0.05, 0.1) is 22.5 Å². The number of aryl methyl sites for hydroxylation is 1. The molecule has 1 aromatic heterocycles. The average Bonchev–Trinajstić information content (AvgIpc) is 3.05. The van der Waals surface area contributed by atoms with Gasteiger partial charge < -0.3 is 9.36 Å². The van der Waals surface area contributed by atoms with Crippen molar-refractivity contribution in [3.63, 3.8) is 0 Å². The van der Waals surface area contributed by atoms with Crippen LogP contribution in [0.2, 0.25) is 0 Å². The lowest BCUT2D eigenvalue weighted by Gasteiger charge is -1.94. The molecule has 2 rings (SSSR count). The number of hydrogen-bond donors (Lipinski definition) is 1. The molecule has 23 heavy (non-hydrogen) atoms. The predicted octanol–water partition coefficient (Wildman–Crippen LogP) is 3.13.